The summed E-state index contributed by atoms with van der Waals surface area (Å²) in [6, 6.07) is 2.17. The maximum atomic E-state index is 11.1. The van der Waals surface area contributed by atoms with Gasteiger partial charge in [0.2, 0.25) is 5.91 Å². The third-order valence-corrected chi connectivity index (χ3v) is 4.22. The molecule has 0 aliphatic carbocycles. The van der Waals surface area contributed by atoms with Crippen LogP contribution in [0.4, 0.5) is 0 Å². The van der Waals surface area contributed by atoms with Gasteiger partial charge in [-0.05, 0) is 6.42 Å². The summed E-state index contributed by atoms with van der Waals surface area (Å²) in [5.41, 5.74) is 0. The average Bonchev–Trinajstić information content (AvgIpc) is 2.51. The number of hydrogen-bond donors (Lipinski definition) is 1. The molecule has 0 bridgehead atoms. The van der Waals surface area contributed by atoms with E-state index in [1.54, 1.807) is 0 Å². The van der Waals surface area contributed by atoms with Crippen molar-refractivity contribution in [2.45, 2.75) is 110 Å². The minimum absolute atomic E-state index is 0.0165. The SMILES string of the molecule is C#CNC(=O)CCCCCCCCCCCCCCCCC. The van der Waals surface area contributed by atoms with Crippen LogP contribution in [0.15, 0.2) is 0 Å². The molecule has 0 saturated heterocycles. The van der Waals surface area contributed by atoms with Gasteiger partial charge >= 0.3 is 0 Å². The fourth-order valence-corrected chi connectivity index (χ4v) is 2.80. The number of hydrogen-bond acceptors (Lipinski definition) is 1. The van der Waals surface area contributed by atoms with Crippen LogP contribution in [0, 0.1) is 12.5 Å². The molecule has 0 heterocycles. The van der Waals surface area contributed by atoms with Crippen LogP contribution in [-0.2, 0) is 4.79 Å². The van der Waals surface area contributed by atoms with Crippen molar-refractivity contribution in [2.24, 2.45) is 0 Å². The predicted octanol–water partition coefficient (Wildman–Crippen LogP) is 5.95. The van der Waals surface area contributed by atoms with Crippen molar-refractivity contribution in [2.75, 3.05) is 0 Å². The molecule has 0 aliphatic rings. The van der Waals surface area contributed by atoms with Gasteiger partial charge < -0.3 is 0 Å². The van der Waals surface area contributed by atoms with E-state index < -0.39 is 0 Å². The lowest BCUT2D eigenvalue weighted by atomic mass is 10.0. The molecule has 0 unspecified atom stereocenters. The smallest absolute Gasteiger partial charge is 0.231 e. The maximum Gasteiger partial charge on any atom is 0.231 e. The summed E-state index contributed by atoms with van der Waals surface area (Å²) in [4.78, 5) is 11.1. The van der Waals surface area contributed by atoms with E-state index in [1.807, 2.05) is 0 Å². The minimum atomic E-state index is -0.0165. The average molecular weight is 308 g/mol. The number of unbranched alkanes of at least 4 members (excludes halogenated alkanes) is 14. The van der Waals surface area contributed by atoms with Crippen molar-refractivity contribution < 1.29 is 4.79 Å². The molecule has 128 valence electrons. The fraction of sp³-hybridized carbons (Fsp3) is 0.850. The Morgan fingerprint density at radius 2 is 1.09 bits per heavy atom. The zero-order valence-electron chi connectivity index (χ0n) is 14.8. The summed E-state index contributed by atoms with van der Waals surface area (Å²) in [6.45, 7) is 2.27. The van der Waals surface area contributed by atoms with E-state index in [0.717, 1.165) is 12.8 Å². The van der Waals surface area contributed by atoms with E-state index in [9.17, 15) is 4.79 Å². The number of terminal acetylenes is 1. The molecule has 0 saturated carbocycles. The summed E-state index contributed by atoms with van der Waals surface area (Å²) in [7, 11) is 0. The molecule has 1 amide bonds. The minimum Gasteiger partial charge on any atom is -0.285 e. The molecule has 2 heteroatoms. The standard InChI is InChI=1S/C20H37NO/c1-3-5-6-7-8-9-10-11-12-13-14-15-16-17-18-19-20(22)21-4-2/h2H,3,5-19H2,1H3,(H,21,22). The number of carbonyl (C=O) groups is 1. The molecule has 0 aliphatic heterocycles. The largest absolute Gasteiger partial charge is 0.285 e. The molecule has 1 N–H and O–H groups in total. The Kier molecular flexibility index (Phi) is 17.3. The third-order valence-electron chi connectivity index (χ3n) is 4.22. The monoisotopic (exact) mass is 307 g/mol. The molecule has 0 atom stereocenters. The van der Waals surface area contributed by atoms with Crippen molar-refractivity contribution in [3.8, 4) is 12.5 Å². The Morgan fingerprint density at radius 3 is 1.45 bits per heavy atom. The highest BCUT2D eigenvalue weighted by atomic mass is 16.1. The maximum absolute atomic E-state index is 11.1. The molecule has 0 rings (SSSR count). The normalized spacial score (nSPS) is 10.4. The van der Waals surface area contributed by atoms with E-state index in [1.165, 1.54) is 83.5 Å². The van der Waals surface area contributed by atoms with E-state index in [-0.39, 0.29) is 5.91 Å². The first-order chi connectivity index (χ1) is 10.8. The lowest BCUT2D eigenvalue weighted by molar-refractivity contribution is -0.120. The van der Waals surface area contributed by atoms with Gasteiger partial charge in [-0.2, -0.15) is 0 Å². The van der Waals surface area contributed by atoms with E-state index in [0.29, 0.717) is 6.42 Å². The molecule has 0 radical (unpaired) electrons. The first kappa shape index (κ1) is 21.0. The first-order valence-corrected chi connectivity index (χ1v) is 9.55. The van der Waals surface area contributed by atoms with Crippen molar-refractivity contribution >= 4 is 5.91 Å². The van der Waals surface area contributed by atoms with E-state index in [4.69, 9.17) is 6.42 Å². The number of nitrogens with one attached hydrogen (secondary N) is 1. The Bertz CT molecular complexity index is 280. The van der Waals surface area contributed by atoms with Gasteiger partial charge in [-0.15, -0.1) is 0 Å². The van der Waals surface area contributed by atoms with Crippen LogP contribution < -0.4 is 5.32 Å². The fourth-order valence-electron chi connectivity index (χ4n) is 2.80. The van der Waals surface area contributed by atoms with Gasteiger partial charge in [-0.1, -0.05) is 103 Å². The summed E-state index contributed by atoms with van der Waals surface area (Å²) in [5.74, 6) is -0.0165. The molecule has 2 nitrogen and oxygen atoms in total. The van der Waals surface area contributed by atoms with Gasteiger partial charge in [0, 0.05) is 12.5 Å². The predicted molar refractivity (Wildman–Crippen MR) is 96.5 cm³/mol. The zero-order valence-corrected chi connectivity index (χ0v) is 14.8. The molecule has 0 fully saturated rings. The molecular formula is C20H37NO. The van der Waals surface area contributed by atoms with Crippen LogP contribution in [0.25, 0.3) is 0 Å². The van der Waals surface area contributed by atoms with E-state index >= 15 is 0 Å². The quantitative estimate of drug-likeness (QED) is 0.213. The van der Waals surface area contributed by atoms with E-state index in [2.05, 4.69) is 18.3 Å². The second kappa shape index (κ2) is 18.1. The highest BCUT2D eigenvalue weighted by Gasteiger charge is 1.98. The lowest BCUT2D eigenvalue weighted by Crippen LogP contribution is -2.16. The number of rotatable bonds is 16. The van der Waals surface area contributed by atoms with Crippen molar-refractivity contribution in [3.05, 3.63) is 0 Å². The Hall–Kier alpha value is -0.970. The Labute approximate surface area is 138 Å². The van der Waals surface area contributed by atoms with Crippen molar-refractivity contribution in [1.82, 2.24) is 5.32 Å². The van der Waals surface area contributed by atoms with Gasteiger partial charge in [0.1, 0.15) is 0 Å². The Balaban J connectivity index is 3.03. The van der Waals surface area contributed by atoms with Crippen LogP contribution in [0.3, 0.4) is 0 Å². The Morgan fingerprint density at radius 1 is 0.727 bits per heavy atom. The number of amides is 1. The third kappa shape index (κ3) is 17.1. The second-order valence-corrected chi connectivity index (χ2v) is 6.39. The van der Waals surface area contributed by atoms with Crippen LogP contribution in [0.1, 0.15) is 110 Å². The summed E-state index contributed by atoms with van der Waals surface area (Å²) >= 11 is 0. The van der Waals surface area contributed by atoms with Gasteiger partial charge in [0.15, 0.2) is 0 Å². The van der Waals surface area contributed by atoms with Crippen LogP contribution >= 0.6 is 0 Å². The summed E-state index contributed by atoms with van der Waals surface area (Å²) in [6.07, 6.45) is 25.7. The summed E-state index contributed by atoms with van der Waals surface area (Å²) < 4.78 is 0. The summed E-state index contributed by atoms with van der Waals surface area (Å²) in [5, 5.41) is 2.38. The van der Waals surface area contributed by atoms with Crippen molar-refractivity contribution in [1.29, 1.82) is 0 Å². The molecule has 0 spiro atoms. The van der Waals surface area contributed by atoms with Gasteiger partial charge in [0.25, 0.3) is 0 Å². The number of carbonyl (C=O) groups excluding carboxylic acids is 1. The van der Waals surface area contributed by atoms with Crippen LogP contribution in [0.2, 0.25) is 0 Å². The van der Waals surface area contributed by atoms with Crippen LogP contribution in [-0.4, -0.2) is 5.91 Å². The first-order valence-electron chi connectivity index (χ1n) is 9.55. The van der Waals surface area contributed by atoms with Crippen molar-refractivity contribution in [3.63, 3.8) is 0 Å². The van der Waals surface area contributed by atoms with Gasteiger partial charge in [-0.25, -0.2) is 0 Å². The molecule has 0 aromatic rings. The van der Waals surface area contributed by atoms with Crippen LogP contribution in [0.5, 0.6) is 0 Å². The lowest BCUT2D eigenvalue weighted by Gasteiger charge is -2.03. The topological polar surface area (TPSA) is 29.1 Å². The second-order valence-electron chi connectivity index (χ2n) is 6.39. The highest BCUT2D eigenvalue weighted by molar-refractivity contribution is 5.77. The molecule has 0 aromatic carbocycles. The van der Waals surface area contributed by atoms with Gasteiger partial charge in [0.05, 0.1) is 0 Å². The van der Waals surface area contributed by atoms with Gasteiger partial charge in [-0.3, -0.25) is 10.1 Å². The highest BCUT2D eigenvalue weighted by Crippen LogP contribution is 2.13. The molecule has 22 heavy (non-hydrogen) atoms. The molecular weight excluding hydrogens is 270 g/mol. The zero-order chi connectivity index (χ0) is 16.3. The molecule has 0 aromatic heterocycles.